The van der Waals surface area contributed by atoms with E-state index in [1.807, 2.05) is 60.7 Å². The van der Waals surface area contributed by atoms with Crippen molar-refractivity contribution >= 4 is 13.3 Å². The van der Waals surface area contributed by atoms with Crippen molar-refractivity contribution in [1.29, 1.82) is 0 Å². The predicted molar refractivity (Wildman–Crippen MR) is 94.8 cm³/mol. The second-order valence-electron chi connectivity index (χ2n) is 5.96. The van der Waals surface area contributed by atoms with Gasteiger partial charge in [-0.05, 0) is 5.56 Å². The summed E-state index contributed by atoms with van der Waals surface area (Å²) in [6.07, 6.45) is 3.80. The smallest absolute Gasteiger partial charge is 0.118 e. The SMILES string of the molecule is C[Si](C)(c1ccccc1)[C@@H](O)/C=C/COCc1ccccc1. The molecular weight excluding hydrogens is 288 g/mol. The Morgan fingerprint density at radius 1 is 1.00 bits per heavy atom. The van der Waals surface area contributed by atoms with Crippen molar-refractivity contribution in [1.82, 2.24) is 0 Å². The van der Waals surface area contributed by atoms with E-state index in [2.05, 4.69) is 25.2 Å². The van der Waals surface area contributed by atoms with Crippen molar-refractivity contribution in [2.24, 2.45) is 0 Å². The lowest BCUT2D eigenvalue weighted by atomic mass is 10.2. The van der Waals surface area contributed by atoms with Crippen LogP contribution in [0.2, 0.25) is 13.1 Å². The summed E-state index contributed by atoms with van der Waals surface area (Å²) in [5.74, 6) is 0. The summed E-state index contributed by atoms with van der Waals surface area (Å²) in [5, 5.41) is 11.7. The molecular formula is C19H24O2Si. The van der Waals surface area contributed by atoms with E-state index in [1.165, 1.54) is 5.19 Å². The molecule has 0 radical (unpaired) electrons. The first-order valence-corrected chi connectivity index (χ1v) is 10.7. The molecule has 0 saturated carbocycles. The number of hydrogen-bond donors (Lipinski definition) is 1. The summed E-state index contributed by atoms with van der Waals surface area (Å²) in [4.78, 5) is 0. The maximum Gasteiger partial charge on any atom is 0.118 e. The second kappa shape index (κ2) is 8.08. The molecule has 2 nitrogen and oxygen atoms in total. The van der Waals surface area contributed by atoms with Gasteiger partial charge in [-0.1, -0.05) is 91.1 Å². The van der Waals surface area contributed by atoms with Crippen LogP contribution < -0.4 is 5.19 Å². The molecule has 0 spiro atoms. The first-order chi connectivity index (χ1) is 10.6. The monoisotopic (exact) mass is 312 g/mol. The van der Waals surface area contributed by atoms with E-state index >= 15 is 0 Å². The van der Waals surface area contributed by atoms with Gasteiger partial charge >= 0.3 is 0 Å². The normalized spacial score (nSPS) is 13.4. The van der Waals surface area contributed by atoms with Crippen LogP contribution in [0.4, 0.5) is 0 Å². The number of hydrogen-bond acceptors (Lipinski definition) is 2. The first-order valence-electron chi connectivity index (χ1n) is 7.62. The lowest BCUT2D eigenvalue weighted by Gasteiger charge is -2.26. The van der Waals surface area contributed by atoms with Crippen molar-refractivity contribution < 1.29 is 9.84 Å². The minimum atomic E-state index is -1.89. The van der Waals surface area contributed by atoms with E-state index in [4.69, 9.17) is 4.74 Å². The predicted octanol–water partition coefficient (Wildman–Crippen LogP) is 3.28. The van der Waals surface area contributed by atoms with Gasteiger partial charge in [0.25, 0.3) is 0 Å². The third kappa shape index (κ3) is 4.66. The lowest BCUT2D eigenvalue weighted by Crippen LogP contribution is -2.51. The number of aliphatic hydroxyl groups excluding tert-OH is 1. The fourth-order valence-corrected chi connectivity index (χ4v) is 4.29. The van der Waals surface area contributed by atoms with Gasteiger partial charge in [0.1, 0.15) is 8.07 Å². The summed E-state index contributed by atoms with van der Waals surface area (Å²) in [6.45, 7) is 5.48. The molecule has 0 aliphatic rings. The fraction of sp³-hybridized carbons (Fsp3) is 0.263. The van der Waals surface area contributed by atoms with E-state index < -0.39 is 13.8 Å². The van der Waals surface area contributed by atoms with Gasteiger partial charge in [0.2, 0.25) is 0 Å². The molecule has 1 N–H and O–H groups in total. The van der Waals surface area contributed by atoms with Crippen molar-refractivity contribution in [2.45, 2.75) is 25.4 Å². The molecule has 0 fully saturated rings. The third-order valence-electron chi connectivity index (χ3n) is 3.90. The Labute approximate surface area is 134 Å². The van der Waals surface area contributed by atoms with E-state index in [-0.39, 0.29) is 0 Å². The van der Waals surface area contributed by atoms with Crippen LogP contribution in [-0.2, 0) is 11.3 Å². The second-order valence-corrected chi connectivity index (χ2v) is 10.6. The lowest BCUT2D eigenvalue weighted by molar-refractivity contribution is 0.148. The molecule has 0 amide bonds. The topological polar surface area (TPSA) is 29.5 Å². The van der Waals surface area contributed by atoms with Crippen molar-refractivity contribution in [3.63, 3.8) is 0 Å². The Bertz CT molecular complexity index is 579. The van der Waals surface area contributed by atoms with E-state index in [0.29, 0.717) is 13.2 Å². The van der Waals surface area contributed by atoms with Gasteiger partial charge in [-0.15, -0.1) is 0 Å². The average molecular weight is 312 g/mol. The Morgan fingerprint density at radius 3 is 2.23 bits per heavy atom. The molecule has 0 aliphatic heterocycles. The summed E-state index contributed by atoms with van der Waals surface area (Å²) >= 11 is 0. The Morgan fingerprint density at radius 2 is 1.59 bits per heavy atom. The average Bonchev–Trinajstić information content (AvgIpc) is 2.56. The molecule has 2 aromatic rings. The molecule has 3 heteroatoms. The number of rotatable bonds is 7. The van der Waals surface area contributed by atoms with Crippen LogP contribution in [0.5, 0.6) is 0 Å². The van der Waals surface area contributed by atoms with Gasteiger partial charge in [0, 0.05) is 0 Å². The van der Waals surface area contributed by atoms with Crippen molar-refractivity contribution in [3.05, 3.63) is 78.4 Å². The molecule has 0 aromatic heterocycles. The molecule has 2 aromatic carbocycles. The zero-order valence-corrected chi connectivity index (χ0v) is 14.3. The molecule has 0 saturated heterocycles. The highest BCUT2D eigenvalue weighted by Gasteiger charge is 2.30. The molecule has 0 heterocycles. The largest absolute Gasteiger partial charge is 0.392 e. The van der Waals surface area contributed by atoms with Crippen LogP contribution >= 0.6 is 0 Å². The molecule has 0 unspecified atom stereocenters. The van der Waals surface area contributed by atoms with Gasteiger partial charge in [-0.2, -0.15) is 0 Å². The van der Waals surface area contributed by atoms with E-state index in [9.17, 15) is 5.11 Å². The van der Waals surface area contributed by atoms with Crippen LogP contribution in [0.15, 0.2) is 72.8 Å². The van der Waals surface area contributed by atoms with Gasteiger partial charge in [-0.3, -0.25) is 0 Å². The molecule has 116 valence electrons. The standard InChI is InChI=1S/C19H24O2Si/c1-22(2,18-12-7-4-8-13-18)19(20)14-9-15-21-16-17-10-5-3-6-11-17/h3-14,19-20H,15-16H2,1-2H3/b14-9+/t19-/m1/s1. The Kier molecular flexibility index (Phi) is 6.13. The quantitative estimate of drug-likeness (QED) is 0.483. The maximum atomic E-state index is 10.5. The minimum Gasteiger partial charge on any atom is -0.392 e. The third-order valence-corrected chi connectivity index (χ3v) is 7.39. The van der Waals surface area contributed by atoms with Crippen molar-refractivity contribution in [3.8, 4) is 0 Å². The minimum absolute atomic E-state index is 0.407. The van der Waals surface area contributed by atoms with Crippen LogP contribution in [0.1, 0.15) is 5.56 Å². The molecule has 0 bridgehead atoms. The zero-order chi connectivity index (χ0) is 15.8. The van der Waals surface area contributed by atoms with Gasteiger partial charge in [0.15, 0.2) is 0 Å². The highest BCUT2D eigenvalue weighted by molar-refractivity contribution is 6.91. The van der Waals surface area contributed by atoms with Gasteiger partial charge < -0.3 is 9.84 Å². The summed E-state index contributed by atoms with van der Waals surface area (Å²) in [7, 11) is -1.89. The zero-order valence-electron chi connectivity index (χ0n) is 13.3. The summed E-state index contributed by atoms with van der Waals surface area (Å²) in [6, 6.07) is 20.4. The number of ether oxygens (including phenoxy) is 1. The van der Waals surface area contributed by atoms with Gasteiger partial charge in [-0.25, -0.2) is 0 Å². The summed E-state index contributed by atoms with van der Waals surface area (Å²) < 4.78 is 5.61. The van der Waals surface area contributed by atoms with E-state index in [1.54, 1.807) is 0 Å². The Hall–Kier alpha value is -1.68. The number of benzene rings is 2. The highest BCUT2D eigenvalue weighted by Crippen LogP contribution is 2.10. The van der Waals surface area contributed by atoms with Crippen LogP contribution in [0, 0.1) is 0 Å². The highest BCUT2D eigenvalue weighted by atomic mass is 28.3. The maximum absolute atomic E-state index is 10.5. The molecule has 1 atom stereocenters. The molecule has 0 aliphatic carbocycles. The van der Waals surface area contributed by atoms with Crippen molar-refractivity contribution in [2.75, 3.05) is 6.61 Å². The van der Waals surface area contributed by atoms with Gasteiger partial charge in [0.05, 0.1) is 18.9 Å². The Balaban J connectivity index is 1.82. The summed E-state index contributed by atoms with van der Waals surface area (Å²) in [5.41, 5.74) is 0.755. The molecule has 2 rings (SSSR count). The first kappa shape index (κ1) is 16.7. The van der Waals surface area contributed by atoms with E-state index in [0.717, 1.165) is 5.56 Å². The molecule has 22 heavy (non-hydrogen) atoms. The fourth-order valence-electron chi connectivity index (χ4n) is 2.28. The van der Waals surface area contributed by atoms with Crippen LogP contribution in [0.3, 0.4) is 0 Å². The van der Waals surface area contributed by atoms with Crippen LogP contribution in [-0.4, -0.2) is 25.5 Å². The number of aliphatic hydroxyl groups is 1. The van der Waals surface area contributed by atoms with Crippen LogP contribution in [0.25, 0.3) is 0 Å².